The first-order valence-corrected chi connectivity index (χ1v) is 16.6. The first-order chi connectivity index (χ1) is 18.7. The maximum atomic E-state index is 13.5. The van der Waals surface area contributed by atoms with Gasteiger partial charge in [0.1, 0.15) is 0 Å². The Bertz CT molecular complexity index is 1100. The van der Waals surface area contributed by atoms with E-state index in [2.05, 4.69) is 83.1 Å². The van der Waals surface area contributed by atoms with Crippen LogP contribution in [-0.4, -0.2) is 45.8 Å². The summed E-state index contributed by atoms with van der Waals surface area (Å²) >= 11 is 0. The summed E-state index contributed by atoms with van der Waals surface area (Å²) in [5, 5.41) is 2.24. The van der Waals surface area contributed by atoms with Crippen LogP contribution >= 0.6 is 0 Å². The van der Waals surface area contributed by atoms with Crippen LogP contribution in [0.2, 0.25) is 11.4 Å². The highest BCUT2D eigenvalue weighted by Gasteiger charge is 2.52. The third kappa shape index (κ3) is 6.65. The van der Waals surface area contributed by atoms with Gasteiger partial charge in [-0.1, -0.05) is 95.3 Å². The molecule has 1 atom stereocenters. The lowest BCUT2D eigenvalue weighted by atomic mass is 9.77. The lowest BCUT2D eigenvalue weighted by Crippen LogP contribution is -2.66. The Morgan fingerprint density at radius 2 is 1.38 bits per heavy atom. The molecule has 2 aromatic rings. The van der Waals surface area contributed by atoms with E-state index in [9.17, 15) is 4.79 Å². The molecule has 218 valence electrons. The second kappa shape index (κ2) is 12.8. The van der Waals surface area contributed by atoms with E-state index in [0.29, 0.717) is 25.1 Å². The Hall–Kier alpha value is -2.19. The molecule has 0 aliphatic carbocycles. The molecule has 1 unspecified atom stereocenters. The molecular weight excluding hydrogens is 515 g/mol. The number of rotatable bonds is 11. The van der Waals surface area contributed by atoms with Crippen molar-refractivity contribution in [3.05, 3.63) is 71.8 Å². The predicted molar refractivity (Wildman–Crippen MR) is 168 cm³/mol. The number of benzene rings is 2. The van der Waals surface area contributed by atoms with Gasteiger partial charge >= 0.3 is 13.1 Å². The summed E-state index contributed by atoms with van der Waals surface area (Å²) in [7, 11) is -3.35. The van der Waals surface area contributed by atoms with Gasteiger partial charge in [0.05, 0.1) is 24.4 Å². The Morgan fingerprint density at radius 1 is 0.900 bits per heavy atom. The summed E-state index contributed by atoms with van der Waals surface area (Å²) in [6.45, 7) is 21.7. The minimum absolute atomic E-state index is 0.111. The van der Waals surface area contributed by atoms with Crippen LogP contribution in [-0.2, 0) is 23.3 Å². The van der Waals surface area contributed by atoms with E-state index in [4.69, 9.17) is 18.5 Å². The fourth-order valence-corrected chi connectivity index (χ4v) is 10.0. The van der Waals surface area contributed by atoms with Crippen LogP contribution in [0.5, 0.6) is 0 Å². The van der Waals surface area contributed by atoms with Crippen molar-refractivity contribution in [2.45, 2.75) is 98.2 Å². The van der Waals surface area contributed by atoms with E-state index in [1.807, 2.05) is 46.8 Å². The van der Waals surface area contributed by atoms with Gasteiger partial charge in [-0.25, -0.2) is 4.79 Å². The molecule has 0 spiro atoms. The lowest BCUT2D eigenvalue weighted by molar-refractivity contribution is -0.138. The summed E-state index contributed by atoms with van der Waals surface area (Å²) in [5.41, 5.74) is 0.593. The van der Waals surface area contributed by atoms with Gasteiger partial charge in [0.25, 0.3) is 8.32 Å². The first-order valence-electron chi connectivity index (χ1n) is 14.7. The Labute approximate surface area is 243 Å². The van der Waals surface area contributed by atoms with Crippen molar-refractivity contribution in [2.24, 2.45) is 5.92 Å². The minimum Gasteiger partial charge on any atom is -0.463 e. The van der Waals surface area contributed by atoms with Crippen molar-refractivity contribution >= 4 is 31.8 Å². The van der Waals surface area contributed by atoms with Crippen molar-refractivity contribution in [1.82, 2.24) is 0 Å². The molecule has 1 aliphatic heterocycles. The topological polar surface area (TPSA) is 54.0 Å². The summed E-state index contributed by atoms with van der Waals surface area (Å²) in [4.78, 5) is 13.5. The van der Waals surface area contributed by atoms with Gasteiger partial charge in [-0.05, 0) is 67.9 Å². The fourth-order valence-electron chi connectivity index (χ4n) is 5.50. The SMILES string of the molecule is CCOC(=O)/C(CB1OC(C)(C)C(C)(C)O1)=C(\CO[Si](c1ccccc1)(c1ccccc1)C(C)(C)C)C(C)CC. The normalized spacial score (nSPS) is 18.3. The third-order valence-corrected chi connectivity index (χ3v) is 13.6. The smallest absolute Gasteiger partial charge is 0.462 e. The zero-order valence-corrected chi connectivity index (χ0v) is 27.3. The van der Waals surface area contributed by atoms with E-state index >= 15 is 0 Å². The molecule has 40 heavy (non-hydrogen) atoms. The van der Waals surface area contributed by atoms with Crippen LogP contribution < -0.4 is 10.4 Å². The quantitative estimate of drug-likeness (QED) is 0.176. The molecule has 1 aliphatic rings. The monoisotopic (exact) mass is 564 g/mol. The van der Waals surface area contributed by atoms with E-state index < -0.39 is 26.6 Å². The van der Waals surface area contributed by atoms with Crippen LogP contribution in [0.25, 0.3) is 0 Å². The molecule has 0 radical (unpaired) electrons. The maximum Gasteiger partial charge on any atom is 0.462 e. The zero-order chi connectivity index (χ0) is 29.8. The first kappa shape index (κ1) is 32.3. The number of carbonyl (C=O) groups excluding carboxylic acids is 1. The van der Waals surface area contributed by atoms with Crippen LogP contribution in [0.3, 0.4) is 0 Å². The number of esters is 1. The summed E-state index contributed by atoms with van der Waals surface area (Å²) in [5.74, 6) is -0.210. The van der Waals surface area contributed by atoms with E-state index in [1.54, 1.807) is 0 Å². The largest absolute Gasteiger partial charge is 0.463 e. The Morgan fingerprint density at radius 3 is 1.77 bits per heavy atom. The zero-order valence-electron chi connectivity index (χ0n) is 26.3. The number of carbonyl (C=O) groups is 1. The molecule has 1 heterocycles. The molecule has 7 heteroatoms. The minimum atomic E-state index is -2.81. The Balaban J connectivity index is 2.14. The standard InChI is InChI=1S/C33H49BO5Si/c1-11-25(3)29(28(30(35)36-12-2)23-34-38-32(7,8)33(9,10)39-34)24-37-40(31(4,5)6,26-19-15-13-16-20-26)27-21-17-14-18-22-27/h13-22,25H,11-12,23-24H2,1-10H3/b29-28+. The van der Waals surface area contributed by atoms with Crippen LogP contribution in [0.15, 0.2) is 71.8 Å². The highest BCUT2D eigenvalue weighted by atomic mass is 28.4. The van der Waals surface area contributed by atoms with Gasteiger partial charge in [-0.15, -0.1) is 0 Å². The van der Waals surface area contributed by atoms with Crippen molar-refractivity contribution in [2.75, 3.05) is 13.2 Å². The van der Waals surface area contributed by atoms with Crippen molar-refractivity contribution in [1.29, 1.82) is 0 Å². The molecule has 3 rings (SSSR count). The van der Waals surface area contributed by atoms with Crippen LogP contribution in [0.4, 0.5) is 0 Å². The van der Waals surface area contributed by atoms with E-state index in [-0.39, 0.29) is 16.9 Å². The van der Waals surface area contributed by atoms with Crippen molar-refractivity contribution < 1.29 is 23.3 Å². The van der Waals surface area contributed by atoms with Gasteiger partial charge < -0.3 is 18.5 Å². The molecule has 1 saturated heterocycles. The van der Waals surface area contributed by atoms with Gasteiger partial charge in [0, 0.05) is 11.9 Å². The van der Waals surface area contributed by atoms with Crippen molar-refractivity contribution in [3.8, 4) is 0 Å². The summed E-state index contributed by atoms with van der Waals surface area (Å²) < 4.78 is 25.6. The fraction of sp³-hybridized carbons (Fsp3) is 0.545. The molecule has 5 nitrogen and oxygen atoms in total. The van der Waals surface area contributed by atoms with Crippen LogP contribution in [0.1, 0.15) is 75.7 Å². The lowest BCUT2D eigenvalue weighted by Gasteiger charge is -2.43. The molecule has 0 bridgehead atoms. The number of hydrogen-bond acceptors (Lipinski definition) is 5. The van der Waals surface area contributed by atoms with Gasteiger partial charge in [0.15, 0.2) is 0 Å². The van der Waals surface area contributed by atoms with Crippen molar-refractivity contribution in [3.63, 3.8) is 0 Å². The van der Waals surface area contributed by atoms with Gasteiger partial charge in [-0.2, -0.15) is 0 Å². The number of hydrogen-bond donors (Lipinski definition) is 0. The second-order valence-electron chi connectivity index (χ2n) is 12.9. The molecule has 0 amide bonds. The van der Waals surface area contributed by atoms with Crippen LogP contribution in [0, 0.1) is 5.92 Å². The molecular formula is C33H49BO5Si. The number of ether oxygens (including phenoxy) is 1. The molecule has 0 N–H and O–H groups in total. The van der Waals surface area contributed by atoms with E-state index in [0.717, 1.165) is 12.0 Å². The molecule has 0 aromatic heterocycles. The van der Waals surface area contributed by atoms with Gasteiger partial charge in [0.2, 0.25) is 0 Å². The average Bonchev–Trinajstić information content (AvgIpc) is 3.11. The predicted octanol–water partition coefficient (Wildman–Crippen LogP) is 6.56. The molecule has 2 aromatic carbocycles. The molecule has 1 fully saturated rings. The van der Waals surface area contributed by atoms with Gasteiger partial charge in [-0.3, -0.25) is 0 Å². The molecule has 0 saturated carbocycles. The maximum absolute atomic E-state index is 13.5. The van der Waals surface area contributed by atoms with E-state index in [1.165, 1.54) is 10.4 Å². The summed E-state index contributed by atoms with van der Waals surface area (Å²) in [6.07, 6.45) is 1.18. The average molecular weight is 565 g/mol. The highest BCUT2D eigenvalue weighted by molar-refractivity contribution is 6.99. The second-order valence-corrected chi connectivity index (χ2v) is 17.2. The Kier molecular flexibility index (Phi) is 10.3. The highest BCUT2D eigenvalue weighted by Crippen LogP contribution is 2.40. The summed E-state index contributed by atoms with van der Waals surface area (Å²) in [6, 6.07) is 21.2. The third-order valence-electron chi connectivity index (χ3n) is 8.65.